The minimum Gasteiger partial charge on any atom is -0.507 e. The third-order valence-corrected chi connectivity index (χ3v) is 7.39. The number of amides is 1. The van der Waals surface area contributed by atoms with E-state index < -0.39 is 17.7 Å². The second-order valence-corrected chi connectivity index (χ2v) is 10.6. The molecule has 0 radical (unpaired) electrons. The maximum Gasteiger partial charge on any atom is 0.301 e. The van der Waals surface area contributed by atoms with Crippen LogP contribution in [0.4, 0.5) is 5.13 Å². The Labute approximate surface area is 219 Å². The lowest BCUT2D eigenvalue weighted by Crippen LogP contribution is -2.29. The van der Waals surface area contributed by atoms with Crippen molar-refractivity contribution in [3.8, 4) is 5.75 Å². The molecule has 1 saturated heterocycles. The number of rotatable bonds is 7. The highest BCUT2D eigenvalue weighted by molar-refractivity contribution is 7.22. The number of benzene rings is 3. The van der Waals surface area contributed by atoms with Gasteiger partial charge in [0.25, 0.3) is 5.78 Å². The van der Waals surface area contributed by atoms with Gasteiger partial charge < -0.3 is 9.84 Å². The number of fused-ring (bicyclic) bond motifs is 1. The fourth-order valence-electron chi connectivity index (χ4n) is 4.41. The van der Waals surface area contributed by atoms with E-state index in [0.717, 1.165) is 22.2 Å². The summed E-state index contributed by atoms with van der Waals surface area (Å²) in [5.41, 5.74) is 2.99. The van der Waals surface area contributed by atoms with Crippen LogP contribution in [0, 0.1) is 12.8 Å². The maximum atomic E-state index is 13.5. The quantitative estimate of drug-likeness (QED) is 0.170. The fourth-order valence-corrected chi connectivity index (χ4v) is 5.50. The van der Waals surface area contributed by atoms with Crippen LogP contribution in [-0.4, -0.2) is 28.4 Å². The molecule has 1 aliphatic heterocycles. The maximum absolute atomic E-state index is 13.5. The molecule has 6 nitrogen and oxygen atoms in total. The number of thiazole rings is 1. The van der Waals surface area contributed by atoms with E-state index in [2.05, 4.69) is 13.8 Å². The lowest BCUT2D eigenvalue weighted by molar-refractivity contribution is -0.132. The second kappa shape index (κ2) is 10.2. The summed E-state index contributed by atoms with van der Waals surface area (Å²) in [6.07, 6.45) is 0.905. The van der Waals surface area contributed by atoms with Crippen LogP contribution in [0.1, 0.15) is 43.0 Å². The predicted molar refractivity (Wildman–Crippen MR) is 147 cm³/mol. The molecule has 1 fully saturated rings. The van der Waals surface area contributed by atoms with Crippen molar-refractivity contribution in [1.82, 2.24) is 4.98 Å². The Kier molecular flexibility index (Phi) is 6.80. The summed E-state index contributed by atoms with van der Waals surface area (Å²) in [6, 6.07) is 21.2. The van der Waals surface area contributed by atoms with Crippen LogP contribution in [0.2, 0.25) is 0 Å². The van der Waals surface area contributed by atoms with Crippen molar-refractivity contribution in [2.75, 3.05) is 11.5 Å². The van der Waals surface area contributed by atoms with Crippen molar-refractivity contribution in [3.63, 3.8) is 0 Å². The average molecular weight is 513 g/mol. The van der Waals surface area contributed by atoms with Gasteiger partial charge >= 0.3 is 5.91 Å². The van der Waals surface area contributed by atoms with Crippen LogP contribution in [0.25, 0.3) is 16.0 Å². The number of hydrogen-bond donors (Lipinski definition) is 1. The minimum atomic E-state index is -0.851. The molecule has 5 rings (SSSR count). The largest absolute Gasteiger partial charge is 0.507 e. The van der Waals surface area contributed by atoms with Gasteiger partial charge in [-0.3, -0.25) is 14.5 Å². The smallest absolute Gasteiger partial charge is 0.301 e. The van der Waals surface area contributed by atoms with E-state index in [1.807, 2.05) is 55.5 Å². The molecule has 188 valence electrons. The van der Waals surface area contributed by atoms with Gasteiger partial charge in [0.05, 0.1) is 28.4 Å². The summed E-state index contributed by atoms with van der Waals surface area (Å²) in [6.45, 7) is 6.82. The zero-order chi connectivity index (χ0) is 26.1. The van der Waals surface area contributed by atoms with Gasteiger partial charge in [-0.15, -0.1) is 0 Å². The minimum absolute atomic E-state index is 0.0333. The lowest BCUT2D eigenvalue weighted by atomic mass is 9.95. The van der Waals surface area contributed by atoms with Crippen molar-refractivity contribution in [2.24, 2.45) is 5.92 Å². The van der Waals surface area contributed by atoms with Crippen LogP contribution in [0.5, 0.6) is 5.75 Å². The Balaban J connectivity index is 1.65. The Morgan fingerprint density at radius 1 is 1.05 bits per heavy atom. The number of carbonyl (C=O) groups is 2. The van der Waals surface area contributed by atoms with Crippen molar-refractivity contribution in [1.29, 1.82) is 0 Å². The van der Waals surface area contributed by atoms with Crippen LogP contribution < -0.4 is 9.64 Å². The summed E-state index contributed by atoms with van der Waals surface area (Å²) in [7, 11) is 0. The van der Waals surface area contributed by atoms with Crippen molar-refractivity contribution in [3.05, 3.63) is 95.1 Å². The van der Waals surface area contributed by atoms with Gasteiger partial charge in [0.1, 0.15) is 11.5 Å². The van der Waals surface area contributed by atoms with Crippen molar-refractivity contribution in [2.45, 2.75) is 33.2 Å². The summed E-state index contributed by atoms with van der Waals surface area (Å²) in [5.74, 6) is -0.529. The Bertz CT molecular complexity index is 1510. The number of aliphatic hydroxyl groups excluding tert-OH is 1. The number of nitrogens with zero attached hydrogens (tertiary/aromatic N) is 2. The molecule has 37 heavy (non-hydrogen) atoms. The molecule has 2 heterocycles. The lowest BCUT2D eigenvalue weighted by Gasteiger charge is -2.23. The SMILES string of the molecule is Cc1ccc2nc(N3C(=O)C(=O)C(=C(O)c4ccccc4)C3c3cccc(OCCC(C)C)c3)sc2c1. The predicted octanol–water partition coefficient (Wildman–Crippen LogP) is 6.66. The molecule has 4 aromatic rings. The van der Waals surface area contributed by atoms with Gasteiger partial charge in [0.2, 0.25) is 0 Å². The van der Waals surface area contributed by atoms with Crippen LogP contribution in [0.15, 0.2) is 78.4 Å². The topological polar surface area (TPSA) is 79.7 Å². The zero-order valence-electron chi connectivity index (χ0n) is 21.0. The summed E-state index contributed by atoms with van der Waals surface area (Å²) >= 11 is 1.35. The number of ether oxygens (including phenoxy) is 1. The molecule has 1 aliphatic rings. The number of aliphatic hydroxyl groups is 1. The van der Waals surface area contributed by atoms with Crippen molar-refractivity contribution >= 4 is 44.1 Å². The first-order valence-electron chi connectivity index (χ1n) is 12.3. The third-order valence-electron chi connectivity index (χ3n) is 6.37. The number of ketones is 1. The van der Waals surface area contributed by atoms with E-state index in [1.165, 1.54) is 16.2 Å². The van der Waals surface area contributed by atoms with Crippen molar-refractivity contribution < 1.29 is 19.4 Å². The van der Waals surface area contributed by atoms with E-state index in [1.54, 1.807) is 24.3 Å². The summed E-state index contributed by atoms with van der Waals surface area (Å²) < 4.78 is 6.89. The monoisotopic (exact) mass is 512 g/mol. The summed E-state index contributed by atoms with van der Waals surface area (Å²) in [5, 5.41) is 11.7. The normalized spacial score (nSPS) is 17.2. The number of carbonyl (C=O) groups excluding carboxylic acids is 2. The van der Waals surface area contributed by atoms with Gasteiger partial charge in [-0.1, -0.05) is 73.7 Å². The first-order valence-corrected chi connectivity index (χ1v) is 13.1. The number of anilines is 1. The van der Waals surface area contributed by atoms with Gasteiger partial charge in [-0.05, 0) is 54.7 Å². The van der Waals surface area contributed by atoms with Gasteiger partial charge in [0, 0.05) is 5.56 Å². The van der Waals surface area contributed by atoms with E-state index >= 15 is 0 Å². The molecule has 1 aromatic heterocycles. The highest BCUT2D eigenvalue weighted by Crippen LogP contribution is 2.44. The highest BCUT2D eigenvalue weighted by Gasteiger charge is 2.48. The molecule has 0 spiro atoms. The van der Waals surface area contributed by atoms with Gasteiger partial charge in [0.15, 0.2) is 5.13 Å². The molecule has 0 aliphatic carbocycles. The number of aromatic nitrogens is 1. The van der Waals surface area contributed by atoms with Gasteiger partial charge in [-0.25, -0.2) is 4.98 Å². The van der Waals surface area contributed by atoms with E-state index in [9.17, 15) is 14.7 Å². The molecule has 1 atom stereocenters. The highest BCUT2D eigenvalue weighted by atomic mass is 32.1. The number of hydrogen-bond acceptors (Lipinski definition) is 6. The third kappa shape index (κ3) is 4.87. The van der Waals surface area contributed by atoms with E-state index in [-0.39, 0.29) is 11.3 Å². The summed E-state index contributed by atoms with van der Waals surface area (Å²) in [4.78, 5) is 33.0. The number of aryl methyl sites for hydroxylation is 1. The fraction of sp³-hybridized carbons (Fsp3) is 0.233. The zero-order valence-corrected chi connectivity index (χ0v) is 21.8. The first-order chi connectivity index (χ1) is 17.8. The average Bonchev–Trinajstić information content (AvgIpc) is 3.41. The second-order valence-electron chi connectivity index (χ2n) is 9.61. The molecule has 1 unspecified atom stereocenters. The molecule has 3 aromatic carbocycles. The molecule has 1 N–H and O–H groups in total. The Morgan fingerprint density at radius 2 is 1.84 bits per heavy atom. The van der Waals surface area contributed by atoms with Gasteiger partial charge in [-0.2, -0.15) is 0 Å². The molecule has 7 heteroatoms. The molecular formula is C30H28N2O4S. The molecule has 1 amide bonds. The van der Waals surface area contributed by atoms with Crippen LogP contribution in [-0.2, 0) is 9.59 Å². The first kappa shape index (κ1) is 24.7. The van der Waals surface area contributed by atoms with Crippen LogP contribution >= 0.6 is 11.3 Å². The molecular weight excluding hydrogens is 484 g/mol. The van der Waals surface area contributed by atoms with E-state index in [0.29, 0.717) is 34.5 Å². The van der Waals surface area contributed by atoms with Crippen LogP contribution in [0.3, 0.4) is 0 Å². The van der Waals surface area contributed by atoms with E-state index in [4.69, 9.17) is 9.72 Å². The Morgan fingerprint density at radius 3 is 2.59 bits per heavy atom. The Hall–Kier alpha value is -3.97. The number of Topliss-reactive ketones (excluding diaryl/α,β-unsaturated/α-hetero) is 1. The molecule has 0 bridgehead atoms. The molecule has 0 saturated carbocycles. The standard InChI is InChI=1S/C30H28N2O4S/c1-18(2)14-15-36-22-11-7-10-21(17-22)26-25(27(33)20-8-5-4-6-9-20)28(34)29(35)32(26)30-31-23-13-12-19(3)16-24(23)37-30/h4-13,16-18,26,33H,14-15H2,1-3H3.